The molecule has 0 spiro atoms. The summed E-state index contributed by atoms with van der Waals surface area (Å²) >= 11 is 3.39. The molecule has 1 rings (SSSR count). The van der Waals surface area contributed by atoms with Crippen LogP contribution in [0.4, 0.5) is 0 Å². The van der Waals surface area contributed by atoms with Crippen LogP contribution < -0.4 is 0 Å². The number of aldehydes is 1. The normalized spacial score (nSPS) is 10.0. The Morgan fingerprint density at radius 3 is 2.33 bits per heavy atom. The molecule has 0 N–H and O–H groups in total. The summed E-state index contributed by atoms with van der Waals surface area (Å²) < 4.78 is 0.917. The van der Waals surface area contributed by atoms with Crippen molar-refractivity contribution in [2.75, 3.05) is 0 Å². The molecule has 0 saturated heterocycles. The first-order valence-corrected chi connectivity index (χ1v) is 4.58. The number of rotatable bonds is 1. The third kappa shape index (κ3) is 1.44. The second kappa shape index (κ2) is 3.40. The molecule has 0 amide bonds. The number of hydrogen-bond acceptors (Lipinski definition) is 1. The van der Waals surface area contributed by atoms with Crippen molar-refractivity contribution in [1.29, 1.82) is 0 Å². The molecule has 1 nitrogen and oxygen atoms in total. The Labute approximate surface area is 80.9 Å². The molecule has 12 heavy (non-hydrogen) atoms. The molecule has 0 aliphatic carbocycles. The Morgan fingerprint density at radius 1 is 1.25 bits per heavy atom. The van der Waals surface area contributed by atoms with Gasteiger partial charge in [-0.15, -0.1) is 0 Å². The lowest BCUT2D eigenvalue weighted by Crippen LogP contribution is -1.93. The molecule has 0 atom stereocenters. The lowest BCUT2D eigenvalue weighted by Gasteiger charge is -2.08. The first-order chi connectivity index (χ1) is 5.57. The van der Waals surface area contributed by atoms with Crippen LogP contribution in [0.2, 0.25) is 0 Å². The predicted octanol–water partition coefficient (Wildman–Crippen LogP) is 3.19. The van der Waals surface area contributed by atoms with Crippen molar-refractivity contribution in [2.24, 2.45) is 0 Å². The molecule has 1 aromatic carbocycles. The molecule has 0 fully saturated rings. The molecule has 0 unspecified atom stereocenters. The van der Waals surface area contributed by atoms with Crippen molar-refractivity contribution < 1.29 is 4.79 Å². The summed E-state index contributed by atoms with van der Waals surface area (Å²) in [5.74, 6) is 0. The zero-order valence-electron chi connectivity index (χ0n) is 7.44. The van der Waals surface area contributed by atoms with E-state index in [0.29, 0.717) is 0 Å². The van der Waals surface area contributed by atoms with Gasteiger partial charge >= 0.3 is 0 Å². The molecule has 0 heterocycles. The van der Waals surface area contributed by atoms with Crippen LogP contribution in [-0.4, -0.2) is 6.29 Å². The second-order valence-corrected chi connectivity index (χ2v) is 3.76. The zero-order chi connectivity index (χ0) is 9.30. The lowest BCUT2D eigenvalue weighted by atomic mass is 10.0. The van der Waals surface area contributed by atoms with Crippen LogP contribution in [0.5, 0.6) is 0 Å². The smallest absolute Gasteiger partial charge is 0.151 e. The molecule has 0 bridgehead atoms. The summed E-state index contributed by atoms with van der Waals surface area (Å²) in [7, 11) is 0. The van der Waals surface area contributed by atoms with E-state index in [1.807, 2.05) is 19.9 Å². The van der Waals surface area contributed by atoms with Crippen molar-refractivity contribution in [2.45, 2.75) is 20.8 Å². The van der Waals surface area contributed by atoms with E-state index in [1.165, 1.54) is 5.56 Å². The summed E-state index contributed by atoms with van der Waals surface area (Å²) in [5.41, 5.74) is 4.29. The van der Waals surface area contributed by atoms with Crippen LogP contribution in [0, 0.1) is 20.8 Å². The molecule has 2 heteroatoms. The van der Waals surface area contributed by atoms with Gasteiger partial charge in [-0.05, 0) is 59.5 Å². The number of benzene rings is 1. The third-order valence-electron chi connectivity index (χ3n) is 2.24. The van der Waals surface area contributed by atoms with Crippen molar-refractivity contribution >= 4 is 22.2 Å². The summed E-state index contributed by atoms with van der Waals surface area (Å²) in [4.78, 5) is 10.6. The van der Waals surface area contributed by atoms with Gasteiger partial charge < -0.3 is 0 Å². The summed E-state index contributed by atoms with van der Waals surface area (Å²) in [6.07, 6.45) is 0.878. The van der Waals surface area contributed by atoms with Gasteiger partial charge in [-0.2, -0.15) is 0 Å². The molecular formula is C10H11BrO. The highest BCUT2D eigenvalue weighted by Gasteiger charge is 2.06. The van der Waals surface area contributed by atoms with Crippen LogP contribution in [-0.2, 0) is 0 Å². The van der Waals surface area contributed by atoms with Crippen molar-refractivity contribution in [1.82, 2.24) is 0 Å². The highest BCUT2D eigenvalue weighted by molar-refractivity contribution is 9.10. The van der Waals surface area contributed by atoms with E-state index in [-0.39, 0.29) is 0 Å². The van der Waals surface area contributed by atoms with Crippen molar-refractivity contribution in [3.05, 3.63) is 32.8 Å². The van der Waals surface area contributed by atoms with Gasteiger partial charge in [0.15, 0.2) is 6.29 Å². The molecule has 0 aromatic heterocycles. The van der Waals surface area contributed by atoms with E-state index in [4.69, 9.17) is 0 Å². The quantitative estimate of drug-likeness (QED) is 0.673. The van der Waals surface area contributed by atoms with Gasteiger partial charge in [-0.1, -0.05) is 0 Å². The fourth-order valence-electron chi connectivity index (χ4n) is 1.17. The second-order valence-electron chi connectivity index (χ2n) is 2.96. The SMILES string of the molecule is Cc1cc(C=O)c(Br)c(C)c1C. The maximum absolute atomic E-state index is 10.6. The minimum Gasteiger partial charge on any atom is -0.298 e. The first-order valence-electron chi connectivity index (χ1n) is 3.79. The maximum Gasteiger partial charge on any atom is 0.151 e. The van der Waals surface area contributed by atoms with Gasteiger partial charge in [-0.3, -0.25) is 4.79 Å². The average molecular weight is 227 g/mol. The standard InChI is InChI=1S/C10H11BrO/c1-6-4-9(5-12)10(11)8(3)7(6)2/h4-5H,1-3H3. The van der Waals surface area contributed by atoms with Gasteiger partial charge in [0.05, 0.1) is 0 Å². The fraction of sp³-hybridized carbons (Fsp3) is 0.300. The molecule has 0 radical (unpaired) electrons. The summed E-state index contributed by atoms with van der Waals surface area (Å²) in [6, 6.07) is 1.90. The highest BCUT2D eigenvalue weighted by atomic mass is 79.9. The largest absolute Gasteiger partial charge is 0.298 e. The lowest BCUT2D eigenvalue weighted by molar-refractivity contribution is 0.112. The van der Waals surface area contributed by atoms with E-state index in [2.05, 4.69) is 22.9 Å². The Morgan fingerprint density at radius 2 is 1.83 bits per heavy atom. The molecular weight excluding hydrogens is 216 g/mol. The Balaban J connectivity index is 3.49. The van der Waals surface area contributed by atoms with E-state index in [1.54, 1.807) is 0 Å². The maximum atomic E-state index is 10.6. The van der Waals surface area contributed by atoms with Crippen LogP contribution in [0.1, 0.15) is 27.0 Å². The first kappa shape index (κ1) is 9.46. The van der Waals surface area contributed by atoms with E-state index < -0.39 is 0 Å². The molecule has 0 aliphatic heterocycles. The fourth-order valence-corrected chi connectivity index (χ4v) is 1.67. The third-order valence-corrected chi connectivity index (χ3v) is 3.29. The highest BCUT2D eigenvalue weighted by Crippen LogP contribution is 2.25. The summed E-state index contributed by atoms with van der Waals surface area (Å²) in [5, 5.41) is 0. The Kier molecular flexibility index (Phi) is 2.68. The minimum atomic E-state index is 0.732. The van der Waals surface area contributed by atoms with Crippen molar-refractivity contribution in [3.8, 4) is 0 Å². The van der Waals surface area contributed by atoms with E-state index in [0.717, 1.165) is 27.4 Å². The predicted molar refractivity (Wildman–Crippen MR) is 53.7 cm³/mol. The Bertz CT molecular complexity index is 329. The Hall–Kier alpha value is -0.630. The minimum absolute atomic E-state index is 0.732. The number of carbonyl (C=O) groups is 1. The number of halogens is 1. The molecule has 0 aliphatic rings. The molecule has 0 saturated carbocycles. The number of aryl methyl sites for hydroxylation is 1. The zero-order valence-corrected chi connectivity index (χ0v) is 9.03. The van der Waals surface area contributed by atoms with E-state index in [9.17, 15) is 4.79 Å². The monoisotopic (exact) mass is 226 g/mol. The van der Waals surface area contributed by atoms with Gasteiger partial charge in [0.25, 0.3) is 0 Å². The number of hydrogen-bond donors (Lipinski definition) is 0. The summed E-state index contributed by atoms with van der Waals surface area (Å²) in [6.45, 7) is 6.09. The van der Waals surface area contributed by atoms with Crippen LogP contribution in [0.25, 0.3) is 0 Å². The van der Waals surface area contributed by atoms with Gasteiger partial charge in [0.1, 0.15) is 0 Å². The van der Waals surface area contributed by atoms with Crippen molar-refractivity contribution in [3.63, 3.8) is 0 Å². The van der Waals surface area contributed by atoms with Crippen LogP contribution in [0.3, 0.4) is 0 Å². The van der Waals surface area contributed by atoms with Gasteiger partial charge in [0.2, 0.25) is 0 Å². The van der Waals surface area contributed by atoms with Gasteiger partial charge in [-0.25, -0.2) is 0 Å². The average Bonchev–Trinajstić information content (AvgIpc) is 2.08. The van der Waals surface area contributed by atoms with Gasteiger partial charge in [0, 0.05) is 10.0 Å². The van der Waals surface area contributed by atoms with Crippen LogP contribution >= 0.6 is 15.9 Å². The van der Waals surface area contributed by atoms with Crippen LogP contribution in [0.15, 0.2) is 10.5 Å². The number of carbonyl (C=O) groups excluding carboxylic acids is 1. The molecule has 64 valence electrons. The van der Waals surface area contributed by atoms with E-state index >= 15 is 0 Å². The molecule has 1 aromatic rings. The topological polar surface area (TPSA) is 17.1 Å².